The molecule has 0 aliphatic heterocycles. The summed E-state index contributed by atoms with van der Waals surface area (Å²) in [7, 11) is 0. The third kappa shape index (κ3) is 1.64. The van der Waals surface area contributed by atoms with Gasteiger partial charge in [-0.2, -0.15) is 0 Å². The van der Waals surface area contributed by atoms with Crippen molar-refractivity contribution in [3.8, 4) is 0 Å². The number of aromatic carboxylic acids is 1. The lowest BCUT2D eigenvalue weighted by Gasteiger charge is -2.01. The van der Waals surface area contributed by atoms with E-state index in [4.69, 9.17) is 5.11 Å². The van der Waals surface area contributed by atoms with Gasteiger partial charge < -0.3 is 5.11 Å². The second-order valence-electron chi connectivity index (χ2n) is 2.39. The molecule has 1 aromatic rings. The Labute approximate surface area is 77.2 Å². The van der Waals surface area contributed by atoms with Gasteiger partial charge in [0.1, 0.15) is 5.82 Å². The van der Waals surface area contributed by atoms with Gasteiger partial charge in [-0.05, 0) is 40.5 Å². The van der Waals surface area contributed by atoms with Gasteiger partial charge in [0.25, 0.3) is 0 Å². The first-order valence-electron chi connectivity index (χ1n) is 3.21. The molecule has 1 rings (SSSR count). The predicted molar refractivity (Wildman–Crippen MR) is 45.8 cm³/mol. The third-order valence-electron chi connectivity index (χ3n) is 1.46. The van der Waals surface area contributed by atoms with Crippen molar-refractivity contribution in [2.45, 2.75) is 6.92 Å². The van der Waals surface area contributed by atoms with E-state index in [0.29, 0.717) is 10.0 Å². The van der Waals surface area contributed by atoms with Gasteiger partial charge in [-0.15, -0.1) is 0 Å². The van der Waals surface area contributed by atoms with Gasteiger partial charge in [-0.1, -0.05) is 0 Å². The number of carbonyl (C=O) groups is 1. The van der Waals surface area contributed by atoms with E-state index in [1.54, 1.807) is 6.92 Å². The second kappa shape index (κ2) is 3.23. The highest BCUT2D eigenvalue weighted by Crippen LogP contribution is 2.21. The van der Waals surface area contributed by atoms with Crippen molar-refractivity contribution in [3.05, 3.63) is 33.5 Å². The molecule has 0 heterocycles. The normalized spacial score (nSPS) is 9.92. The minimum atomic E-state index is -1.12. The third-order valence-corrected chi connectivity index (χ3v) is 2.46. The van der Waals surface area contributed by atoms with Crippen LogP contribution in [0.15, 0.2) is 16.6 Å². The van der Waals surface area contributed by atoms with Crippen LogP contribution in [0.1, 0.15) is 15.9 Å². The molecule has 0 amide bonds. The van der Waals surface area contributed by atoms with Crippen LogP contribution in [0.5, 0.6) is 0 Å². The predicted octanol–water partition coefficient (Wildman–Crippen LogP) is 2.59. The fraction of sp³-hybridized carbons (Fsp3) is 0.125. The van der Waals surface area contributed by atoms with Crippen molar-refractivity contribution in [2.75, 3.05) is 0 Å². The molecule has 0 saturated heterocycles. The molecule has 0 saturated carbocycles. The molecule has 2 nitrogen and oxygen atoms in total. The van der Waals surface area contributed by atoms with Crippen LogP contribution >= 0.6 is 15.9 Å². The summed E-state index contributed by atoms with van der Waals surface area (Å²) < 4.78 is 13.2. The maximum Gasteiger partial charge on any atom is 0.335 e. The number of hydrogen-bond donors (Lipinski definition) is 1. The molecular weight excluding hydrogens is 227 g/mol. The molecule has 4 heteroatoms. The molecule has 0 unspecified atom stereocenters. The van der Waals surface area contributed by atoms with Crippen molar-refractivity contribution in [2.24, 2.45) is 0 Å². The summed E-state index contributed by atoms with van der Waals surface area (Å²) in [6.07, 6.45) is 0. The highest BCUT2D eigenvalue weighted by atomic mass is 79.9. The van der Waals surface area contributed by atoms with Crippen LogP contribution in [0.3, 0.4) is 0 Å². The smallest absolute Gasteiger partial charge is 0.335 e. The Morgan fingerprint density at radius 3 is 2.58 bits per heavy atom. The van der Waals surface area contributed by atoms with Gasteiger partial charge in [0.05, 0.1) is 10.0 Å². The quantitative estimate of drug-likeness (QED) is 0.809. The SMILES string of the molecule is Cc1cc(C(=O)O)cc(F)c1Br. The molecular formula is C8H6BrFO2. The van der Waals surface area contributed by atoms with Crippen LogP contribution in [0.4, 0.5) is 4.39 Å². The number of benzene rings is 1. The standard InChI is InChI=1S/C8H6BrFO2/c1-4-2-5(8(11)12)3-6(10)7(4)9/h2-3H,1H3,(H,11,12). The summed E-state index contributed by atoms with van der Waals surface area (Å²) in [5.41, 5.74) is 0.542. The van der Waals surface area contributed by atoms with E-state index >= 15 is 0 Å². The summed E-state index contributed by atoms with van der Waals surface area (Å²) in [6.45, 7) is 1.64. The number of carboxylic acids is 1. The Hall–Kier alpha value is -0.900. The van der Waals surface area contributed by atoms with Gasteiger partial charge in [-0.3, -0.25) is 0 Å². The fourth-order valence-electron chi connectivity index (χ4n) is 0.850. The van der Waals surface area contributed by atoms with Crippen molar-refractivity contribution in [1.82, 2.24) is 0 Å². The molecule has 0 radical (unpaired) electrons. The van der Waals surface area contributed by atoms with Crippen LogP contribution in [-0.4, -0.2) is 11.1 Å². The first kappa shape index (κ1) is 9.19. The number of halogens is 2. The van der Waals surface area contributed by atoms with Crippen molar-refractivity contribution >= 4 is 21.9 Å². The van der Waals surface area contributed by atoms with Crippen LogP contribution in [0, 0.1) is 12.7 Å². The van der Waals surface area contributed by atoms with Crippen molar-refractivity contribution < 1.29 is 14.3 Å². The van der Waals surface area contributed by atoms with Crippen LogP contribution in [-0.2, 0) is 0 Å². The molecule has 1 N–H and O–H groups in total. The lowest BCUT2D eigenvalue weighted by atomic mass is 10.1. The van der Waals surface area contributed by atoms with E-state index in [2.05, 4.69) is 15.9 Å². The Morgan fingerprint density at radius 1 is 1.58 bits per heavy atom. The number of carboxylic acid groups (broad SMARTS) is 1. The molecule has 1 aromatic carbocycles. The van der Waals surface area contributed by atoms with Gasteiger partial charge in [0, 0.05) is 0 Å². The maximum atomic E-state index is 12.9. The number of rotatable bonds is 1. The lowest BCUT2D eigenvalue weighted by Crippen LogP contribution is -1.98. The fourth-order valence-corrected chi connectivity index (χ4v) is 1.08. The number of hydrogen-bond acceptors (Lipinski definition) is 1. The van der Waals surface area contributed by atoms with E-state index in [1.807, 2.05) is 0 Å². The van der Waals surface area contributed by atoms with Crippen LogP contribution in [0.25, 0.3) is 0 Å². The molecule has 0 aromatic heterocycles. The molecule has 0 aliphatic carbocycles. The lowest BCUT2D eigenvalue weighted by molar-refractivity contribution is 0.0696. The Morgan fingerprint density at radius 2 is 2.17 bits per heavy atom. The molecule has 12 heavy (non-hydrogen) atoms. The van der Waals surface area contributed by atoms with E-state index in [-0.39, 0.29) is 5.56 Å². The summed E-state index contributed by atoms with van der Waals surface area (Å²) in [5.74, 6) is -1.67. The summed E-state index contributed by atoms with van der Waals surface area (Å²) in [5, 5.41) is 8.54. The first-order chi connectivity index (χ1) is 5.52. The van der Waals surface area contributed by atoms with Gasteiger partial charge in [0.15, 0.2) is 0 Å². The molecule has 0 atom stereocenters. The minimum Gasteiger partial charge on any atom is -0.478 e. The van der Waals surface area contributed by atoms with E-state index in [9.17, 15) is 9.18 Å². The van der Waals surface area contributed by atoms with Crippen molar-refractivity contribution in [1.29, 1.82) is 0 Å². The zero-order valence-electron chi connectivity index (χ0n) is 6.27. The summed E-state index contributed by atoms with van der Waals surface area (Å²) in [6, 6.07) is 2.40. The van der Waals surface area contributed by atoms with E-state index < -0.39 is 11.8 Å². The summed E-state index contributed by atoms with van der Waals surface area (Å²) in [4.78, 5) is 10.4. The first-order valence-corrected chi connectivity index (χ1v) is 4.00. The minimum absolute atomic E-state index is 0.0341. The Balaban J connectivity index is 3.31. The Kier molecular flexibility index (Phi) is 2.47. The van der Waals surface area contributed by atoms with Crippen LogP contribution < -0.4 is 0 Å². The molecule has 64 valence electrons. The van der Waals surface area contributed by atoms with Crippen molar-refractivity contribution in [3.63, 3.8) is 0 Å². The molecule has 0 spiro atoms. The van der Waals surface area contributed by atoms with Crippen LogP contribution in [0.2, 0.25) is 0 Å². The van der Waals surface area contributed by atoms with Gasteiger partial charge in [0.2, 0.25) is 0 Å². The zero-order chi connectivity index (χ0) is 9.30. The Bertz CT molecular complexity index is 313. The summed E-state index contributed by atoms with van der Waals surface area (Å²) >= 11 is 2.99. The van der Waals surface area contributed by atoms with E-state index in [1.165, 1.54) is 6.07 Å². The number of aryl methyl sites for hydroxylation is 1. The van der Waals surface area contributed by atoms with Gasteiger partial charge in [-0.25, -0.2) is 9.18 Å². The maximum absolute atomic E-state index is 12.9. The van der Waals surface area contributed by atoms with E-state index in [0.717, 1.165) is 6.07 Å². The molecule has 0 fully saturated rings. The largest absolute Gasteiger partial charge is 0.478 e. The zero-order valence-corrected chi connectivity index (χ0v) is 7.85. The molecule has 0 bridgehead atoms. The highest BCUT2D eigenvalue weighted by Gasteiger charge is 2.09. The average molecular weight is 233 g/mol. The topological polar surface area (TPSA) is 37.3 Å². The second-order valence-corrected chi connectivity index (χ2v) is 3.19. The average Bonchev–Trinajstić information content (AvgIpc) is 1.99. The molecule has 0 aliphatic rings. The van der Waals surface area contributed by atoms with Gasteiger partial charge >= 0.3 is 5.97 Å². The highest BCUT2D eigenvalue weighted by molar-refractivity contribution is 9.10. The monoisotopic (exact) mass is 232 g/mol.